The highest BCUT2D eigenvalue weighted by Crippen LogP contribution is 2.21. The van der Waals surface area contributed by atoms with Gasteiger partial charge in [-0.15, -0.1) is 6.42 Å². The summed E-state index contributed by atoms with van der Waals surface area (Å²) in [6.45, 7) is 5.93. The van der Waals surface area contributed by atoms with Gasteiger partial charge in [-0.05, 0) is 55.7 Å². The van der Waals surface area contributed by atoms with Gasteiger partial charge >= 0.3 is 6.09 Å². The highest BCUT2D eigenvalue weighted by Gasteiger charge is 2.15. The first-order valence-corrected chi connectivity index (χ1v) is 7.50. The van der Waals surface area contributed by atoms with Crippen LogP contribution in [0, 0.1) is 12.3 Å². The Labute approximate surface area is 137 Å². The molecule has 0 bridgehead atoms. The molecule has 0 radical (unpaired) electrons. The number of carbonyl (C=O) groups is 1. The highest BCUT2D eigenvalue weighted by molar-refractivity contribution is 5.68. The topological polar surface area (TPSA) is 38.3 Å². The second-order valence-corrected chi connectivity index (χ2v) is 6.28. The van der Waals surface area contributed by atoms with Crippen LogP contribution >= 0.6 is 0 Å². The molecule has 0 saturated carbocycles. The maximum Gasteiger partial charge on any atom is 0.407 e. The number of terminal acetylenes is 1. The zero-order chi connectivity index (χ0) is 16.9. The lowest BCUT2D eigenvalue weighted by atomic mass is 10.0. The van der Waals surface area contributed by atoms with Crippen LogP contribution in [-0.2, 0) is 11.3 Å². The average molecular weight is 307 g/mol. The van der Waals surface area contributed by atoms with Gasteiger partial charge in [-0.25, -0.2) is 4.79 Å². The zero-order valence-electron chi connectivity index (χ0n) is 13.7. The summed E-state index contributed by atoms with van der Waals surface area (Å²) in [6.07, 6.45) is 5.03. The molecule has 2 aromatic rings. The summed E-state index contributed by atoms with van der Waals surface area (Å²) in [5.74, 6) is 2.64. The fourth-order valence-electron chi connectivity index (χ4n) is 2.14. The quantitative estimate of drug-likeness (QED) is 0.856. The summed E-state index contributed by atoms with van der Waals surface area (Å²) in [4.78, 5) is 11.7. The molecule has 0 aliphatic rings. The molecule has 0 heterocycles. The molecule has 23 heavy (non-hydrogen) atoms. The van der Waals surface area contributed by atoms with Crippen molar-refractivity contribution in [3.8, 4) is 23.5 Å². The van der Waals surface area contributed by atoms with E-state index < -0.39 is 11.7 Å². The Balaban J connectivity index is 2.08. The number of amides is 1. The molecule has 3 nitrogen and oxygen atoms in total. The van der Waals surface area contributed by atoms with Gasteiger partial charge in [0, 0.05) is 12.1 Å². The lowest BCUT2D eigenvalue weighted by Crippen LogP contribution is -2.32. The third kappa shape index (κ3) is 5.19. The first-order valence-electron chi connectivity index (χ1n) is 7.50. The SMILES string of the molecule is C#Cc1cccc(-c2cccc(CNC(=O)OC(C)(C)C)c2)c1. The summed E-state index contributed by atoms with van der Waals surface area (Å²) in [7, 11) is 0. The van der Waals surface area contributed by atoms with Gasteiger partial charge in [-0.2, -0.15) is 0 Å². The summed E-state index contributed by atoms with van der Waals surface area (Å²) in [5, 5.41) is 2.76. The Hall–Kier alpha value is -2.73. The molecule has 118 valence electrons. The molecule has 0 fully saturated rings. The van der Waals surface area contributed by atoms with E-state index in [1.807, 2.05) is 69.3 Å². The largest absolute Gasteiger partial charge is 0.444 e. The Morgan fingerprint density at radius 2 is 1.78 bits per heavy atom. The molecule has 0 saturated heterocycles. The molecule has 0 unspecified atom stereocenters. The fourth-order valence-corrected chi connectivity index (χ4v) is 2.14. The van der Waals surface area contributed by atoms with E-state index in [0.717, 1.165) is 22.3 Å². The van der Waals surface area contributed by atoms with E-state index in [1.165, 1.54) is 0 Å². The average Bonchev–Trinajstić information content (AvgIpc) is 2.52. The van der Waals surface area contributed by atoms with Crippen LogP contribution in [0.2, 0.25) is 0 Å². The van der Waals surface area contributed by atoms with Crippen molar-refractivity contribution in [3.63, 3.8) is 0 Å². The Kier molecular flexibility index (Phi) is 5.08. The number of hydrogen-bond donors (Lipinski definition) is 1. The van der Waals surface area contributed by atoms with Crippen molar-refractivity contribution in [3.05, 3.63) is 59.7 Å². The van der Waals surface area contributed by atoms with E-state index in [9.17, 15) is 4.79 Å². The lowest BCUT2D eigenvalue weighted by Gasteiger charge is -2.19. The van der Waals surface area contributed by atoms with Crippen molar-refractivity contribution < 1.29 is 9.53 Å². The predicted molar refractivity (Wildman–Crippen MR) is 92.9 cm³/mol. The monoisotopic (exact) mass is 307 g/mol. The molecule has 0 spiro atoms. The molecule has 1 amide bonds. The van der Waals surface area contributed by atoms with Crippen molar-refractivity contribution >= 4 is 6.09 Å². The van der Waals surface area contributed by atoms with Crippen LogP contribution in [0.5, 0.6) is 0 Å². The highest BCUT2D eigenvalue weighted by atomic mass is 16.6. The first-order chi connectivity index (χ1) is 10.9. The molecule has 2 rings (SSSR count). The van der Waals surface area contributed by atoms with Crippen molar-refractivity contribution in [1.29, 1.82) is 0 Å². The standard InChI is InChI=1S/C20H21NO2/c1-5-15-8-6-10-17(12-15)18-11-7-9-16(13-18)14-21-19(22)23-20(2,3)4/h1,6-13H,14H2,2-4H3,(H,21,22). The maximum absolute atomic E-state index is 11.7. The summed E-state index contributed by atoms with van der Waals surface area (Å²) >= 11 is 0. The number of benzene rings is 2. The van der Waals surface area contributed by atoms with Crippen molar-refractivity contribution in [1.82, 2.24) is 5.32 Å². The van der Waals surface area contributed by atoms with E-state index in [1.54, 1.807) is 0 Å². The van der Waals surface area contributed by atoms with Crippen LogP contribution < -0.4 is 5.32 Å². The number of alkyl carbamates (subject to hydrolysis) is 1. The minimum absolute atomic E-state index is 0.414. The molecule has 0 aliphatic heterocycles. The van der Waals surface area contributed by atoms with Crippen LogP contribution in [0.25, 0.3) is 11.1 Å². The van der Waals surface area contributed by atoms with Crippen LogP contribution in [0.3, 0.4) is 0 Å². The Morgan fingerprint density at radius 3 is 2.43 bits per heavy atom. The van der Waals surface area contributed by atoms with E-state index in [-0.39, 0.29) is 0 Å². The van der Waals surface area contributed by atoms with Crippen LogP contribution in [0.4, 0.5) is 4.79 Å². The van der Waals surface area contributed by atoms with Gasteiger partial charge in [0.25, 0.3) is 0 Å². The van der Waals surface area contributed by atoms with Gasteiger partial charge in [0.2, 0.25) is 0 Å². The van der Waals surface area contributed by atoms with E-state index >= 15 is 0 Å². The molecule has 0 aromatic heterocycles. The predicted octanol–water partition coefficient (Wildman–Crippen LogP) is 4.36. The molecule has 0 aliphatic carbocycles. The number of rotatable bonds is 3. The van der Waals surface area contributed by atoms with Crippen molar-refractivity contribution in [2.75, 3.05) is 0 Å². The smallest absolute Gasteiger partial charge is 0.407 e. The fraction of sp³-hybridized carbons (Fsp3) is 0.250. The number of hydrogen-bond acceptors (Lipinski definition) is 2. The first kappa shape index (κ1) is 16.6. The van der Waals surface area contributed by atoms with Crippen LogP contribution in [0.15, 0.2) is 48.5 Å². The third-order valence-corrected chi connectivity index (χ3v) is 3.13. The second-order valence-electron chi connectivity index (χ2n) is 6.28. The van der Waals surface area contributed by atoms with Crippen molar-refractivity contribution in [2.45, 2.75) is 32.9 Å². The van der Waals surface area contributed by atoms with E-state index in [2.05, 4.69) is 11.2 Å². The second kappa shape index (κ2) is 7.02. The molecule has 0 atom stereocenters. The normalized spacial score (nSPS) is 10.7. The minimum atomic E-state index is -0.498. The number of ether oxygens (including phenoxy) is 1. The van der Waals surface area contributed by atoms with Gasteiger partial charge in [-0.3, -0.25) is 0 Å². The molecule has 2 aromatic carbocycles. The van der Waals surface area contributed by atoms with Crippen LogP contribution in [0.1, 0.15) is 31.9 Å². The maximum atomic E-state index is 11.7. The third-order valence-electron chi connectivity index (χ3n) is 3.13. The van der Waals surface area contributed by atoms with Gasteiger partial charge < -0.3 is 10.1 Å². The molecular formula is C20H21NO2. The van der Waals surface area contributed by atoms with Gasteiger partial charge in [0.1, 0.15) is 5.60 Å². The van der Waals surface area contributed by atoms with Gasteiger partial charge in [-0.1, -0.05) is 36.3 Å². The summed E-state index contributed by atoms with van der Waals surface area (Å²) in [5.41, 5.74) is 3.46. The number of carbonyl (C=O) groups excluding carboxylic acids is 1. The van der Waals surface area contributed by atoms with E-state index in [4.69, 9.17) is 11.2 Å². The zero-order valence-corrected chi connectivity index (χ0v) is 13.7. The van der Waals surface area contributed by atoms with E-state index in [0.29, 0.717) is 6.54 Å². The number of nitrogens with one attached hydrogen (secondary N) is 1. The van der Waals surface area contributed by atoms with Crippen LogP contribution in [-0.4, -0.2) is 11.7 Å². The summed E-state index contributed by atoms with van der Waals surface area (Å²) in [6, 6.07) is 15.8. The Morgan fingerprint density at radius 1 is 1.13 bits per heavy atom. The molecule has 3 heteroatoms. The van der Waals surface area contributed by atoms with Gasteiger partial charge in [0.15, 0.2) is 0 Å². The Bertz CT molecular complexity index is 736. The van der Waals surface area contributed by atoms with Gasteiger partial charge in [0.05, 0.1) is 0 Å². The molecule has 1 N–H and O–H groups in total. The minimum Gasteiger partial charge on any atom is -0.444 e. The summed E-state index contributed by atoms with van der Waals surface area (Å²) < 4.78 is 5.23. The van der Waals surface area contributed by atoms with Crippen molar-refractivity contribution in [2.24, 2.45) is 0 Å². The molecular weight excluding hydrogens is 286 g/mol. The lowest BCUT2D eigenvalue weighted by molar-refractivity contribution is 0.0523.